The lowest BCUT2D eigenvalue weighted by Crippen LogP contribution is -2.33. The highest BCUT2D eigenvalue weighted by Gasteiger charge is 2.42. The Morgan fingerprint density at radius 1 is 1.43 bits per heavy atom. The van der Waals surface area contributed by atoms with Crippen molar-refractivity contribution in [3.63, 3.8) is 0 Å². The third-order valence-corrected chi connectivity index (χ3v) is 5.20. The quantitative estimate of drug-likeness (QED) is 0.832. The number of benzene rings is 1. The standard InChI is InChI=1S/C18H24ClNO/c1-3-4-14-7-9-18(12-20,10-8-14)17(21)16-6-5-15(19)11-13(16)2/h5-6,11,14,17,21H,3-4,7-10H2,1-2H3. The highest BCUT2D eigenvalue weighted by molar-refractivity contribution is 6.30. The fraction of sp³-hybridized carbons (Fsp3) is 0.611. The lowest BCUT2D eigenvalue weighted by atomic mass is 9.66. The van der Waals surface area contributed by atoms with E-state index in [0.717, 1.165) is 42.7 Å². The molecule has 0 aliphatic heterocycles. The molecule has 1 aliphatic carbocycles. The van der Waals surface area contributed by atoms with Gasteiger partial charge in [0.2, 0.25) is 0 Å². The summed E-state index contributed by atoms with van der Waals surface area (Å²) >= 11 is 5.98. The predicted molar refractivity (Wildman–Crippen MR) is 86.1 cm³/mol. The summed E-state index contributed by atoms with van der Waals surface area (Å²) in [5.74, 6) is 0.718. The Kier molecular flexibility index (Phi) is 5.30. The van der Waals surface area contributed by atoms with Crippen LogP contribution in [-0.2, 0) is 0 Å². The van der Waals surface area contributed by atoms with Crippen molar-refractivity contribution in [2.75, 3.05) is 0 Å². The summed E-state index contributed by atoms with van der Waals surface area (Å²) in [7, 11) is 0. The first-order chi connectivity index (χ1) is 10.0. The molecule has 0 spiro atoms. The molecule has 1 aromatic carbocycles. The molecule has 1 fully saturated rings. The van der Waals surface area contributed by atoms with Crippen LogP contribution in [0.1, 0.15) is 62.7 Å². The molecule has 114 valence electrons. The number of aryl methyl sites for hydroxylation is 1. The molecule has 1 saturated carbocycles. The predicted octanol–water partition coefficient (Wildman–Crippen LogP) is 5.18. The molecule has 0 saturated heterocycles. The van der Waals surface area contributed by atoms with Gasteiger partial charge < -0.3 is 5.11 Å². The second-order valence-electron chi connectivity index (χ2n) is 6.40. The lowest BCUT2D eigenvalue weighted by Gasteiger charge is -2.38. The summed E-state index contributed by atoms with van der Waals surface area (Å²) in [5, 5.41) is 21.2. The van der Waals surface area contributed by atoms with Crippen molar-refractivity contribution in [3.8, 4) is 6.07 Å². The fourth-order valence-electron chi connectivity index (χ4n) is 3.58. The van der Waals surface area contributed by atoms with E-state index in [0.29, 0.717) is 5.02 Å². The van der Waals surface area contributed by atoms with Crippen LogP contribution in [-0.4, -0.2) is 5.11 Å². The van der Waals surface area contributed by atoms with Crippen LogP contribution in [0.15, 0.2) is 18.2 Å². The number of aliphatic hydroxyl groups is 1. The zero-order valence-electron chi connectivity index (χ0n) is 12.9. The molecule has 0 heterocycles. The van der Waals surface area contributed by atoms with Gasteiger partial charge in [-0.3, -0.25) is 0 Å². The number of halogens is 1. The van der Waals surface area contributed by atoms with Crippen LogP contribution in [0.4, 0.5) is 0 Å². The number of nitrogens with zero attached hydrogens (tertiary/aromatic N) is 1. The molecule has 1 aliphatic rings. The molecule has 0 aromatic heterocycles. The SMILES string of the molecule is CCCC1CCC(C#N)(C(O)c2ccc(Cl)cc2C)CC1. The summed E-state index contributed by atoms with van der Waals surface area (Å²) in [6.07, 6.45) is 5.38. The van der Waals surface area contributed by atoms with Crippen molar-refractivity contribution in [1.82, 2.24) is 0 Å². The van der Waals surface area contributed by atoms with Crippen LogP contribution in [0.5, 0.6) is 0 Å². The van der Waals surface area contributed by atoms with Gasteiger partial charge in [0.15, 0.2) is 0 Å². The molecule has 1 atom stereocenters. The molecule has 3 heteroatoms. The summed E-state index contributed by atoms with van der Waals surface area (Å²) in [6, 6.07) is 7.95. The molecule has 1 aromatic rings. The van der Waals surface area contributed by atoms with E-state index in [-0.39, 0.29) is 0 Å². The van der Waals surface area contributed by atoms with Gasteiger partial charge in [0.1, 0.15) is 0 Å². The molecular formula is C18H24ClNO. The number of nitriles is 1. The summed E-state index contributed by atoms with van der Waals surface area (Å²) in [4.78, 5) is 0. The maximum atomic E-state index is 10.8. The zero-order valence-corrected chi connectivity index (χ0v) is 13.7. The third kappa shape index (κ3) is 3.42. The van der Waals surface area contributed by atoms with Crippen LogP contribution in [0.3, 0.4) is 0 Å². The maximum Gasteiger partial charge on any atom is 0.0978 e. The van der Waals surface area contributed by atoms with Gasteiger partial charge in [-0.15, -0.1) is 0 Å². The Bertz CT molecular complexity index is 527. The molecule has 1 unspecified atom stereocenters. The van der Waals surface area contributed by atoms with Crippen molar-refractivity contribution in [1.29, 1.82) is 5.26 Å². The first-order valence-corrected chi connectivity index (χ1v) is 8.25. The molecule has 0 radical (unpaired) electrons. The molecule has 0 bridgehead atoms. The first-order valence-electron chi connectivity index (χ1n) is 7.88. The Hall–Kier alpha value is -1.04. The minimum absolute atomic E-state index is 0.636. The van der Waals surface area contributed by atoms with Gasteiger partial charge in [0.25, 0.3) is 0 Å². The number of aliphatic hydroxyl groups excluding tert-OH is 1. The summed E-state index contributed by atoms with van der Waals surface area (Å²) in [5.41, 5.74) is 1.17. The topological polar surface area (TPSA) is 44.0 Å². The van der Waals surface area contributed by atoms with E-state index in [4.69, 9.17) is 11.6 Å². The van der Waals surface area contributed by atoms with Crippen molar-refractivity contribution in [2.45, 2.75) is 58.5 Å². The van der Waals surface area contributed by atoms with E-state index in [9.17, 15) is 10.4 Å². The summed E-state index contributed by atoms with van der Waals surface area (Å²) in [6.45, 7) is 4.15. The second-order valence-corrected chi connectivity index (χ2v) is 6.84. The second kappa shape index (κ2) is 6.81. The van der Waals surface area contributed by atoms with E-state index < -0.39 is 11.5 Å². The maximum absolute atomic E-state index is 10.8. The normalized spacial score (nSPS) is 27.1. The molecular weight excluding hydrogens is 282 g/mol. The Balaban J connectivity index is 2.20. The minimum Gasteiger partial charge on any atom is -0.387 e. The number of hydrogen-bond acceptors (Lipinski definition) is 2. The summed E-state index contributed by atoms with van der Waals surface area (Å²) < 4.78 is 0. The Morgan fingerprint density at radius 2 is 2.10 bits per heavy atom. The van der Waals surface area contributed by atoms with E-state index >= 15 is 0 Å². The Morgan fingerprint density at radius 3 is 2.62 bits per heavy atom. The zero-order chi connectivity index (χ0) is 15.5. The van der Waals surface area contributed by atoms with Crippen LogP contribution >= 0.6 is 11.6 Å². The average molecular weight is 306 g/mol. The van der Waals surface area contributed by atoms with Crippen LogP contribution in [0.25, 0.3) is 0 Å². The van der Waals surface area contributed by atoms with Crippen molar-refractivity contribution in [3.05, 3.63) is 34.3 Å². The van der Waals surface area contributed by atoms with E-state index in [1.165, 1.54) is 12.8 Å². The monoisotopic (exact) mass is 305 g/mol. The highest BCUT2D eigenvalue weighted by atomic mass is 35.5. The number of hydrogen-bond donors (Lipinski definition) is 1. The van der Waals surface area contributed by atoms with Gasteiger partial charge in [0, 0.05) is 5.02 Å². The van der Waals surface area contributed by atoms with Gasteiger partial charge in [-0.05, 0) is 61.8 Å². The van der Waals surface area contributed by atoms with Crippen LogP contribution in [0.2, 0.25) is 5.02 Å². The smallest absolute Gasteiger partial charge is 0.0978 e. The van der Waals surface area contributed by atoms with Gasteiger partial charge >= 0.3 is 0 Å². The largest absolute Gasteiger partial charge is 0.387 e. The first kappa shape index (κ1) is 16.3. The minimum atomic E-state index is -0.720. The van der Waals surface area contributed by atoms with Gasteiger partial charge in [-0.2, -0.15) is 5.26 Å². The molecule has 2 nitrogen and oxygen atoms in total. The molecule has 2 rings (SSSR count). The Labute approximate surface area is 132 Å². The van der Waals surface area contributed by atoms with Crippen LogP contribution < -0.4 is 0 Å². The van der Waals surface area contributed by atoms with Gasteiger partial charge in [-0.25, -0.2) is 0 Å². The average Bonchev–Trinajstić information content (AvgIpc) is 2.48. The molecule has 1 N–H and O–H groups in total. The van der Waals surface area contributed by atoms with Crippen LogP contribution in [0, 0.1) is 29.6 Å². The van der Waals surface area contributed by atoms with Crippen molar-refractivity contribution in [2.24, 2.45) is 11.3 Å². The number of rotatable bonds is 4. The molecule has 0 amide bonds. The van der Waals surface area contributed by atoms with Crippen molar-refractivity contribution < 1.29 is 5.11 Å². The van der Waals surface area contributed by atoms with Gasteiger partial charge in [-0.1, -0.05) is 37.4 Å². The van der Waals surface area contributed by atoms with E-state index in [2.05, 4.69) is 13.0 Å². The lowest BCUT2D eigenvalue weighted by molar-refractivity contribution is 0.0232. The van der Waals surface area contributed by atoms with Crippen molar-refractivity contribution >= 4 is 11.6 Å². The van der Waals surface area contributed by atoms with E-state index in [1.807, 2.05) is 19.1 Å². The van der Waals surface area contributed by atoms with Gasteiger partial charge in [0.05, 0.1) is 17.6 Å². The third-order valence-electron chi connectivity index (χ3n) is 4.97. The fourth-order valence-corrected chi connectivity index (χ4v) is 3.81. The van der Waals surface area contributed by atoms with E-state index in [1.54, 1.807) is 6.07 Å². The molecule has 21 heavy (non-hydrogen) atoms. The highest BCUT2D eigenvalue weighted by Crippen LogP contribution is 2.48.